The van der Waals surface area contributed by atoms with E-state index in [2.05, 4.69) is 10.3 Å². The summed E-state index contributed by atoms with van der Waals surface area (Å²) in [4.78, 5) is 27.4. The smallest absolute Gasteiger partial charge is 0.223 e. The van der Waals surface area contributed by atoms with E-state index in [-0.39, 0.29) is 11.7 Å². The second-order valence-corrected chi connectivity index (χ2v) is 6.27. The van der Waals surface area contributed by atoms with Crippen molar-refractivity contribution in [1.82, 2.24) is 4.98 Å². The van der Waals surface area contributed by atoms with Crippen molar-refractivity contribution in [2.75, 3.05) is 5.32 Å². The van der Waals surface area contributed by atoms with Gasteiger partial charge in [0, 0.05) is 18.9 Å². The van der Waals surface area contributed by atoms with Gasteiger partial charge >= 0.3 is 0 Å². The summed E-state index contributed by atoms with van der Waals surface area (Å²) in [6.45, 7) is 3.33. The van der Waals surface area contributed by atoms with Crippen molar-refractivity contribution in [3.63, 3.8) is 0 Å². The molecular formula is C18H16N2O2S. The van der Waals surface area contributed by atoms with Crippen molar-refractivity contribution < 1.29 is 9.59 Å². The number of amides is 1. The monoisotopic (exact) mass is 324 g/mol. The van der Waals surface area contributed by atoms with Crippen molar-refractivity contribution in [1.29, 1.82) is 0 Å². The molecule has 0 aliphatic carbocycles. The summed E-state index contributed by atoms with van der Waals surface area (Å²) in [5.41, 5.74) is 3.61. The Morgan fingerprint density at radius 3 is 2.65 bits per heavy atom. The van der Waals surface area contributed by atoms with Crippen LogP contribution in [0.25, 0.3) is 21.3 Å². The predicted octanol–water partition coefficient (Wildman–Crippen LogP) is 4.51. The first-order valence-corrected chi connectivity index (χ1v) is 8.20. The number of anilines is 1. The molecule has 3 rings (SSSR count). The minimum atomic E-state index is -0.130. The second kappa shape index (κ2) is 6.30. The van der Waals surface area contributed by atoms with Crippen LogP contribution in [-0.2, 0) is 4.79 Å². The van der Waals surface area contributed by atoms with Gasteiger partial charge in [0.25, 0.3) is 0 Å². The molecule has 116 valence electrons. The SMILES string of the molecule is CCC(=O)c1cccc(-c2ccc3nc(NC(C)=O)sc3c2)c1. The number of aromatic nitrogens is 1. The Bertz CT molecular complexity index is 899. The highest BCUT2D eigenvalue weighted by atomic mass is 32.1. The van der Waals surface area contributed by atoms with Gasteiger partial charge in [0.2, 0.25) is 5.91 Å². The Kier molecular flexibility index (Phi) is 4.21. The molecule has 0 radical (unpaired) electrons. The van der Waals surface area contributed by atoms with E-state index in [0.29, 0.717) is 11.6 Å². The van der Waals surface area contributed by atoms with Crippen LogP contribution in [0.5, 0.6) is 0 Å². The summed E-state index contributed by atoms with van der Waals surface area (Å²) in [5, 5.41) is 3.31. The third kappa shape index (κ3) is 3.29. The lowest BCUT2D eigenvalue weighted by molar-refractivity contribution is -0.114. The van der Waals surface area contributed by atoms with Gasteiger partial charge < -0.3 is 5.32 Å². The molecule has 0 fully saturated rings. The van der Waals surface area contributed by atoms with E-state index in [9.17, 15) is 9.59 Å². The number of nitrogens with zero attached hydrogens (tertiary/aromatic N) is 1. The van der Waals surface area contributed by atoms with Crippen LogP contribution in [0.4, 0.5) is 5.13 Å². The van der Waals surface area contributed by atoms with Crippen LogP contribution < -0.4 is 5.32 Å². The van der Waals surface area contributed by atoms with E-state index >= 15 is 0 Å². The van der Waals surface area contributed by atoms with E-state index in [4.69, 9.17) is 0 Å². The number of benzene rings is 2. The highest BCUT2D eigenvalue weighted by Gasteiger charge is 2.09. The lowest BCUT2D eigenvalue weighted by Crippen LogP contribution is -2.04. The first-order valence-electron chi connectivity index (χ1n) is 7.38. The van der Waals surface area contributed by atoms with Crippen LogP contribution in [-0.4, -0.2) is 16.7 Å². The fourth-order valence-electron chi connectivity index (χ4n) is 2.38. The maximum absolute atomic E-state index is 11.9. The molecule has 0 saturated carbocycles. The maximum atomic E-state index is 11.9. The van der Waals surface area contributed by atoms with Crippen molar-refractivity contribution in [3.8, 4) is 11.1 Å². The van der Waals surface area contributed by atoms with Crippen LogP contribution in [0.3, 0.4) is 0 Å². The summed E-state index contributed by atoms with van der Waals surface area (Å²) in [5.74, 6) is 0.00808. The molecule has 0 unspecified atom stereocenters. The number of rotatable bonds is 4. The van der Waals surface area contributed by atoms with Crippen LogP contribution in [0, 0.1) is 0 Å². The van der Waals surface area contributed by atoms with Crippen molar-refractivity contribution in [2.24, 2.45) is 0 Å². The molecule has 0 atom stereocenters. The average Bonchev–Trinajstić information content (AvgIpc) is 2.94. The fourth-order valence-corrected chi connectivity index (χ4v) is 3.34. The van der Waals surface area contributed by atoms with E-state index in [1.165, 1.54) is 18.3 Å². The number of hydrogen-bond donors (Lipinski definition) is 1. The highest BCUT2D eigenvalue weighted by Crippen LogP contribution is 2.31. The molecule has 5 heteroatoms. The molecule has 0 aliphatic rings. The van der Waals surface area contributed by atoms with Gasteiger partial charge in [-0.3, -0.25) is 9.59 Å². The topological polar surface area (TPSA) is 59.1 Å². The predicted molar refractivity (Wildman–Crippen MR) is 94.0 cm³/mol. The standard InChI is InChI=1S/C18H16N2O2S/c1-3-16(22)14-6-4-5-12(9-14)13-7-8-15-17(10-13)23-18(20-15)19-11(2)21/h4-10H,3H2,1-2H3,(H,19,20,21). The number of carbonyl (C=O) groups is 2. The van der Waals surface area contributed by atoms with Gasteiger partial charge in [0.15, 0.2) is 10.9 Å². The van der Waals surface area contributed by atoms with E-state index in [0.717, 1.165) is 26.9 Å². The second-order valence-electron chi connectivity index (χ2n) is 5.24. The number of nitrogens with one attached hydrogen (secondary N) is 1. The number of Topliss-reactive ketones (excluding diaryl/α,β-unsaturated/α-hetero) is 1. The summed E-state index contributed by atoms with van der Waals surface area (Å²) in [6, 6.07) is 13.6. The fraction of sp³-hybridized carbons (Fsp3) is 0.167. The Labute approximate surface area is 138 Å². The van der Waals surface area contributed by atoms with E-state index < -0.39 is 0 Å². The summed E-state index contributed by atoms with van der Waals surface area (Å²) in [6.07, 6.45) is 0.497. The molecule has 0 saturated heterocycles. The van der Waals surface area contributed by atoms with Crippen molar-refractivity contribution in [2.45, 2.75) is 20.3 Å². The number of thiazole rings is 1. The lowest BCUT2D eigenvalue weighted by Gasteiger charge is -2.04. The molecule has 1 aromatic heterocycles. The third-order valence-electron chi connectivity index (χ3n) is 3.51. The number of fused-ring (bicyclic) bond motifs is 1. The Balaban J connectivity index is 2.00. The van der Waals surface area contributed by atoms with Crippen LogP contribution in [0.1, 0.15) is 30.6 Å². The molecule has 0 aliphatic heterocycles. The van der Waals surface area contributed by atoms with Gasteiger partial charge in [-0.1, -0.05) is 42.5 Å². The Hall–Kier alpha value is -2.53. The normalized spacial score (nSPS) is 10.7. The first kappa shape index (κ1) is 15.4. The summed E-state index contributed by atoms with van der Waals surface area (Å²) in [7, 11) is 0. The molecule has 2 aromatic carbocycles. The molecule has 4 nitrogen and oxygen atoms in total. The van der Waals surface area contributed by atoms with E-state index in [1.807, 2.05) is 49.4 Å². The van der Waals surface area contributed by atoms with E-state index in [1.54, 1.807) is 0 Å². The summed E-state index contributed by atoms with van der Waals surface area (Å²) < 4.78 is 0.999. The largest absolute Gasteiger partial charge is 0.302 e. The molecular weight excluding hydrogens is 308 g/mol. The molecule has 1 heterocycles. The number of hydrogen-bond acceptors (Lipinski definition) is 4. The molecule has 1 amide bonds. The van der Waals surface area contributed by atoms with Gasteiger partial charge in [0.1, 0.15) is 0 Å². The molecule has 3 aromatic rings. The van der Waals surface area contributed by atoms with Gasteiger partial charge in [-0.15, -0.1) is 0 Å². The van der Waals surface area contributed by atoms with Gasteiger partial charge in [-0.2, -0.15) is 0 Å². The van der Waals surface area contributed by atoms with Crippen LogP contribution in [0.15, 0.2) is 42.5 Å². The van der Waals surface area contributed by atoms with Gasteiger partial charge in [-0.25, -0.2) is 4.98 Å². The first-order chi connectivity index (χ1) is 11.1. The van der Waals surface area contributed by atoms with Gasteiger partial charge in [-0.05, 0) is 29.3 Å². The Morgan fingerprint density at radius 2 is 1.91 bits per heavy atom. The average molecular weight is 324 g/mol. The number of ketones is 1. The minimum absolute atomic E-state index is 0.130. The molecule has 1 N–H and O–H groups in total. The maximum Gasteiger partial charge on any atom is 0.223 e. The molecule has 23 heavy (non-hydrogen) atoms. The van der Waals surface area contributed by atoms with Crippen LogP contribution >= 0.6 is 11.3 Å². The zero-order chi connectivity index (χ0) is 16.4. The zero-order valence-electron chi connectivity index (χ0n) is 12.9. The molecule has 0 spiro atoms. The third-order valence-corrected chi connectivity index (χ3v) is 4.44. The zero-order valence-corrected chi connectivity index (χ0v) is 13.7. The quantitative estimate of drug-likeness (QED) is 0.718. The van der Waals surface area contributed by atoms with Gasteiger partial charge in [0.05, 0.1) is 10.2 Å². The van der Waals surface area contributed by atoms with Crippen molar-refractivity contribution >= 4 is 38.4 Å². The highest BCUT2D eigenvalue weighted by molar-refractivity contribution is 7.22. The minimum Gasteiger partial charge on any atom is -0.302 e. The molecule has 0 bridgehead atoms. The number of carbonyl (C=O) groups excluding carboxylic acids is 2. The van der Waals surface area contributed by atoms with Crippen molar-refractivity contribution in [3.05, 3.63) is 48.0 Å². The van der Waals surface area contributed by atoms with Crippen LogP contribution in [0.2, 0.25) is 0 Å². The Morgan fingerprint density at radius 1 is 1.13 bits per heavy atom. The summed E-state index contributed by atoms with van der Waals surface area (Å²) >= 11 is 1.44. The lowest BCUT2D eigenvalue weighted by atomic mass is 10.0.